The van der Waals surface area contributed by atoms with Crippen molar-refractivity contribution in [1.82, 2.24) is 10.6 Å². The Balaban J connectivity index is 1.86. The molecule has 2 aliphatic heterocycles. The molecule has 0 unspecified atom stereocenters. The Morgan fingerprint density at radius 1 is 1.13 bits per heavy atom. The zero-order valence-electron chi connectivity index (χ0n) is 15.0. The Kier molecular flexibility index (Phi) is 4.78. The summed E-state index contributed by atoms with van der Waals surface area (Å²) in [6, 6.07) is 6.86. The number of ketones is 1. The number of fused-ring (bicyclic) bond motifs is 1. The summed E-state index contributed by atoms with van der Waals surface area (Å²) in [6.45, 7) is -0.0724. The SMILES string of the molecule is O=C1N[C@H](c2ccc3c(c2)OCO3)[C@H](C(=O)C(F)(F)F)[C@@](O)(c2ccc(Cl)cc2)N1. The molecule has 0 spiro atoms. The molecular formula is C19H14ClF3N2O5. The summed E-state index contributed by atoms with van der Waals surface area (Å²) in [6.07, 6.45) is -5.27. The van der Waals surface area contributed by atoms with Crippen molar-refractivity contribution in [2.24, 2.45) is 5.92 Å². The third-order valence-electron chi connectivity index (χ3n) is 4.98. The summed E-state index contributed by atoms with van der Waals surface area (Å²) in [5.74, 6) is -3.74. The van der Waals surface area contributed by atoms with Crippen LogP contribution in [0.25, 0.3) is 0 Å². The molecule has 0 bridgehead atoms. The first-order chi connectivity index (χ1) is 14.1. The van der Waals surface area contributed by atoms with Crippen molar-refractivity contribution in [3.63, 3.8) is 0 Å². The molecule has 2 aromatic rings. The van der Waals surface area contributed by atoms with Gasteiger partial charge in [0.15, 0.2) is 17.2 Å². The number of halogens is 4. The standard InChI is InChI=1S/C19H14ClF3N2O5/c20-11-4-2-10(3-5-11)18(28)14(16(26)19(21,22)23)15(24-17(27)25-18)9-1-6-12-13(7-9)30-8-29-12/h1-7,14-15,28H,8H2,(H2,24,25,27)/t14-,15-,18+/m1/s1. The topological polar surface area (TPSA) is 96.9 Å². The van der Waals surface area contributed by atoms with Crippen molar-refractivity contribution in [1.29, 1.82) is 0 Å². The number of urea groups is 1. The normalized spacial score (nSPS) is 25.4. The number of hydrogen-bond donors (Lipinski definition) is 3. The summed E-state index contributed by atoms with van der Waals surface area (Å²) in [5.41, 5.74) is -2.65. The Labute approximate surface area is 172 Å². The molecule has 2 aliphatic rings. The molecule has 2 heterocycles. The van der Waals surface area contributed by atoms with Crippen LogP contribution in [0.4, 0.5) is 18.0 Å². The largest absolute Gasteiger partial charge is 0.454 e. The third-order valence-corrected chi connectivity index (χ3v) is 5.23. The molecule has 30 heavy (non-hydrogen) atoms. The average Bonchev–Trinajstić information content (AvgIpc) is 3.14. The van der Waals surface area contributed by atoms with Crippen LogP contribution in [0.5, 0.6) is 11.5 Å². The lowest BCUT2D eigenvalue weighted by molar-refractivity contribution is -0.190. The van der Waals surface area contributed by atoms with Crippen LogP contribution in [-0.2, 0) is 10.5 Å². The lowest BCUT2D eigenvalue weighted by Gasteiger charge is -2.45. The second-order valence-electron chi connectivity index (χ2n) is 6.80. The van der Waals surface area contributed by atoms with Gasteiger partial charge < -0.3 is 25.2 Å². The van der Waals surface area contributed by atoms with E-state index in [0.29, 0.717) is 5.75 Å². The van der Waals surface area contributed by atoms with Crippen LogP contribution in [0.2, 0.25) is 5.02 Å². The molecule has 2 aromatic carbocycles. The fraction of sp³-hybridized carbons (Fsp3) is 0.263. The highest BCUT2D eigenvalue weighted by molar-refractivity contribution is 6.30. The predicted octanol–water partition coefficient (Wildman–Crippen LogP) is 3.02. The molecule has 0 saturated carbocycles. The molecule has 2 amide bonds. The molecule has 4 rings (SSSR count). The number of amides is 2. The highest BCUT2D eigenvalue weighted by Gasteiger charge is 2.59. The smallest absolute Gasteiger partial charge is 0.450 e. The minimum atomic E-state index is -5.27. The molecule has 0 radical (unpaired) electrons. The second kappa shape index (κ2) is 7.06. The maximum absolute atomic E-state index is 13.5. The van der Waals surface area contributed by atoms with E-state index in [1.807, 2.05) is 0 Å². The first kappa shape index (κ1) is 20.3. The van der Waals surface area contributed by atoms with Gasteiger partial charge in [-0.15, -0.1) is 0 Å². The fourth-order valence-corrected chi connectivity index (χ4v) is 3.73. The summed E-state index contributed by atoms with van der Waals surface area (Å²) < 4.78 is 50.9. The van der Waals surface area contributed by atoms with Gasteiger partial charge in [-0.05, 0) is 29.8 Å². The van der Waals surface area contributed by atoms with Crippen molar-refractivity contribution in [3.05, 3.63) is 58.6 Å². The Bertz CT molecular complexity index is 1010. The molecule has 0 aromatic heterocycles. The van der Waals surface area contributed by atoms with Crippen LogP contribution in [0.3, 0.4) is 0 Å². The van der Waals surface area contributed by atoms with E-state index in [4.69, 9.17) is 21.1 Å². The van der Waals surface area contributed by atoms with E-state index in [-0.39, 0.29) is 28.7 Å². The van der Waals surface area contributed by atoms with E-state index >= 15 is 0 Å². The Morgan fingerprint density at radius 2 is 1.80 bits per heavy atom. The summed E-state index contributed by atoms with van der Waals surface area (Å²) in [5, 5.41) is 15.9. The van der Waals surface area contributed by atoms with E-state index in [1.165, 1.54) is 42.5 Å². The van der Waals surface area contributed by atoms with Crippen molar-refractivity contribution in [2.45, 2.75) is 17.9 Å². The molecule has 11 heteroatoms. The van der Waals surface area contributed by atoms with Gasteiger partial charge in [0, 0.05) is 10.6 Å². The van der Waals surface area contributed by atoms with Crippen LogP contribution >= 0.6 is 11.6 Å². The van der Waals surface area contributed by atoms with E-state index in [0.717, 1.165) is 0 Å². The molecule has 3 N–H and O–H groups in total. The minimum absolute atomic E-state index is 0.0724. The number of carbonyl (C=O) groups is 2. The van der Waals surface area contributed by atoms with Crippen LogP contribution < -0.4 is 20.1 Å². The van der Waals surface area contributed by atoms with E-state index < -0.39 is 35.7 Å². The molecular weight excluding hydrogens is 429 g/mol. The Hall–Kier alpha value is -2.98. The minimum Gasteiger partial charge on any atom is -0.454 e. The number of benzene rings is 2. The third kappa shape index (κ3) is 3.41. The summed E-state index contributed by atoms with van der Waals surface area (Å²) in [4.78, 5) is 24.7. The quantitative estimate of drug-likeness (QED) is 0.679. The van der Waals surface area contributed by atoms with Crippen LogP contribution in [0, 0.1) is 5.92 Å². The Morgan fingerprint density at radius 3 is 2.47 bits per heavy atom. The molecule has 0 aliphatic carbocycles. The number of rotatable bonds is 3. The zero-order valence-corrected chi connectivity index (χ0v) is 15.8. The van der Waals surface area contributed by atoms with E-state index in [9.17, 15) is 27.9 Å². The fourth-order valence-electron chi connectivity index (χ4n) is 3.61. The molecule has 158 valence electrons. The monoisotopic (exact) mass is 442 g/mol. The van der Waals surface area contributed by atoms with Crippen molar-refractivity contribution in [2.75, 3.05) is 6.79 Å². The van der Waals surface area contributed by atoms with Gasteiger partial charge in [0.1, 0.15) is 5.92 Å². The number of carbonyl (C=O) groups excluding carboxylic acids is 2. The summed E-state index contributed by atoms with van der Waals surface area (Å²) >= 11 is 5.82. The van der Waals surface area contributed by atoms with Gasteiger partial charge in [-0.1, -0.05) is 29.8 Å². The van der Waals surface area contributed by atoms with Gasteiger partial charge in [0.05, 0.1) is 6.04 Å². The highest BCUT2D eigenvalue weighted by atomic mass is 35.5. The number of ether oxygens (including phenoxy) is 2. The molecule has 3 atom stereocenters. The predicted molar refractivity (Wildman–Crippen MR) is 96.9 cm³/mol. The first-order valence-corrected chi connectivity index (χ1v) is 9.05. The lowest BCUT2D eigenvalue weighted by atomic mass is 9.76. The van der Waals surface area contributed by atoms with Crippen molar-refractivity contribution < 1.29 is 37.3 Å². The molecule has 1 saturated heterocycles. The second-order valence-corrected chi connectivity index (χ2v) is 7.24. The molecule has 1 fully saturated rings. The summed E-state index contributed by atoms with van der Waals surface area (Å²) in [7, 11) is 0. The van der Waals surface area contributed by atoms with Gasteiger partial charge in [-0.3, -0.25) is 4.79 Å². The maximum Gasteiger partial charge on any atom is 0.450 e. The maximum atomic E-state index is 13.5. The number of alkyl halides is 3. The molecule has 7 nitrogen and oxygen atoms in total. The first-order valence-electron chi connectivity index (χ1n) is 8.67. The zero-order chi connectivity index (χ0) is 21.7. The van der Waals surface area contributed by atoms with Gasteiger partial charge in [-0.25, -0.2) is 4.79 Å². The van der Waals surface area contributed by atoms with Gasteiger partial charge in [-0.2, -0.15) is 13.2 Å². The van der Waals surface area contributed by atoms with Gasteiger partial charge in [0.25, 0.3) is 0 Å². The highest BCUT2D eigenvalue weighted by Crippen LogP contribution is 2.45. The average molecular weight is 443 g/mol. The van der Waals surface area contributed by atoms with Crippen molar-refractivity contribution >= 4 is 23.4 Å². The lowest BCUT2D eigenvalue weighted by Crippen LogP contribution is -2.66. The number of nitrogens with one attached hydrogen (secondary N) is 2. The van der Waals surface area contributed by atoms with E-state index in [1.54, 1.807) is 0 Å². The van der Waals surface area contributed by atoms with Crippen LogP contribution in [0.15, 0.2) is 42.5 Å². The van der Waals surface area contributed by atoms with Gasteiger partial charge in [0.2, 0.25) is 12.6 Å². The number of hydrogen-bond acceptors (Lipinski definition) is 5. The van der Waals surface area contributed by atoms with Gasteiger partial charge >= 0.3 is 12.2 Å². The van der Waals surface area contributed by atoms with Crippen LogP contribution in [0.1, 0.15) is 17.2 Å². The number of Topliss-reactive ketones (excluding diaryl/α,β-unsaturated/α-hetero) is 1. The van der Waals surface area contributed by atoms with E-state index in [2.05, 4.69) is 10.6 Å². The van der Waals surface area contributed by atoms with Crippen LogP contribution in [-0.4, -0.2) is 29.9 Å². The number of aliphatic hydroxyl groups is 1. The van der Waals surface area contributed by atoms with Crippen molar-refractivity contribution in [3.8, 4) is 11.5 Å².